The van der Waals surface area contributed by atoms with Crippen LogP contribution in [0, 0.1) is 3.57 Å². The Labute approximate surface area is 259 Å². The summed E-state index contributed by atoms with van der Waals surface area (Å²) < 4.78 is 21.5. The molecule has 0 aromatic heterocycles. The van der Waals surface area contributed by atoms with E-state index in [1.807, 2.05) is 29.5 Å². The van der Waals surface area contributed by atoms with E-state index >= 15 is 0 Å². The smallest absolute Gasteiger partial charge is 0.344 e. The maximum absolute atomic E-state index is 13.0. The summed E-state index contributed by atoms with van der Waals surface area (Å²) in [5.41, 5.74) is 0.861. The van der Waals surface area contributed by atoms with E-state index < -0.39 is 35.5 Å². The number of esters is 2. The molecule has 3 rings (SSSR count). The molecule has 0 aliphatic carbocycles. The van der Waals surface area contributed by atoms with E-state index in [-0.39, 0.29) is 41.0 Å². The Morgan fingerprint density at radius 2 is 1.88 bits per heavy atom. The van der Waals surface area contributed by atoms with E-state index in [4.69, 9.17) is 30.5 Å². The van der Waals surface area contributed by atoms with Crippen LogP contribution in [0.4, 0.5) is 10.5 Å². The molecule has 2 aromatic carbocycles. The van der Waals surface area contributed by atoms with Crippen LogP contribution in [0.3, 0.4) is 0 Å². The lowest BCUT2D eigenvalue weighted by atomic mass is 10.2. The normalized spacial score (nSPS) is 13.8. The summed E-state index contributed by atoms with van der Waals surface area (Å²) in [6.07, 6.45) is 2.13. The van der Waals surface area contributed by atoms with E-state index in [1.54, 1.807) is 19.1 Å². The number of anilines is 1. The SMILES string of the molecule is CCCOC(=O)c1cc(NC(=O)CN2C(=O)S/C(=C/c3cc(I)c(OCC(=O)OCC)c(OC)c3)C2=O)ccc1Cl. The van der Waals surface area contributed by atoms with Crippen LogP contribution in [0.15, 0.2) is 35.2 Å². The molecule has 14 heteroatoms. The molecule has 3 amide bonds. The number of methoxy groups -OCH3 is 1. The number of ether oxygens (including phenoxy) is 4. The van der Waals surface area contributed by atoms with Crippen molar-refractivity contribution in [2.75, 3.05) is 38.8 Å². The zero-order chi connectivity index (χ0) is 30.1. The number of rotatable bonds is 12. The standard InChI is InChI=1S/C27H26ClIN2O9S/c1-4-8-39-26(35)17-12-16(6-7-18(17)28)30-22(32)13-31-25(34)21(41-27(31)36)11-15-9-19(29)24(20(10-15)37-3)40-14-23(33)38-5-2/h6-7,9-12H,4-5,8,13-14H2,1-3H3,(H,30,32)/b21-11+. The first-order valence-electron chi connectivity index (χ1n) is 12.3. The van der Waals surface area contributed by atoms with Gasteiger partial charge < -0.3 is 24.3 Å². The summed E-state index contributed by atoms with van der Waals surface area (Å²) in [7, 11) is 1.43. The van der Waals surface area contributed by atoms with Gasteiger partial charge in [-0.15, -0.1) is 0 Å². The Hall–Kier alpha value is -3.30. The van der Waals surface area contributed by atoms with Gasteiger partial charge in [0.05, 0.1) is 39.4 Å². The van der Waals surface area contributed by atoms with Gasteiger partial charge in [-0.1, -0.05) is 18.5 Å². The number of halogens is 2. The van der Waals surface area contributed by atoms with E-state index in [1.165, 1.54) is 31.4 Å². The fourth-order valence-corrected chi connectivity index (χ4v) is 5.27. The molecular weight excluding hydrogens is 691 g/mol. The summed E-state index contributed by atoms with van der Waals surface area (Å²) in [5.74, 6) is -1.82. The lowest BCUT2D eigenvalue weighted by molar-refractivity contribution is -0.145. The van der Waals surface area contributed by atoms with Crippen molar-refractivity contribution in [1.29, 1.82) is 0 Å². The zero-order valence-corrected chi connectivity index (χ0v) is 26.0. The largest absolute Gasteiger partial charge is 0.493 e. The molecule has 0 atom stereocenters. The number of thioether (sulfide) groups is 1. The van der Waals surface area contributed by atoms with Gasteiger partial charge in [0, 0.05) is 5.69 Å². The first kappa shape index (κ1) is 32.2. The average Bonchev–Trinajstić information content (AvgIpc) is 3.19. The number of carbonyl (C=O) groups is 5. The van der Waals surface area contributed by atoms with Gasteiger partial charge in [0.1, 0.15) is 6.54 Å². The molecule has 0 spiro atoms. The van der Waals surface area contributed by atoms with E-state index in [0.717, 1.165) is 4.90 Å². The number of hydrogen-bond acceptors (Lipinski definition) is 10. The number of nitrogens with one attached hydrogen (secondary N) is 1. The minimum atomic E-state index is -0.650. The first-order valence-corrected chi connectivity index (χ1v) is 14.5. The van der Waals surface area contributed by atoms with E-state index in [0.29, 0.717) is 38.8 Å². The molecule has 0 bridgehead atoms. The van der Waals surface area contributed by atoms with Gasteiger partial charge in [-0.2, -0.15) is 0 Å². The van der Waals surface area contributed by atoms with Crippen LogP contribution in [0.5, 0.6) is 11.5 Å². The third kappa shape index (κ3) is 8.60. The lowest BCUT2D eigenvalue weighted by Gasteiger charge is -2.14. The van der Waals surface area contributed by atoms with Crippen LogP contribution < -0.4 is 14.8 Å². The van der Waals surface area contributed by atoms with Gasteiger partial charge in [-0.3, -0.25) is 19.3 Å². The summed E-state index contributed by atoms with van der Waals surface area (Å²) in [4.78, 5) is 63.1. The molecule has 0 radical (unpaired) electrons. The number of hydrogen-bond donors (Lipinski definition) is 1. The topological polar surface area (TPSA) is 138 Å². The van der Waals surface area contributed by atoms with Crippen molar-refractivity contribution >= 4 is 86.7 Å². The summed E-state index contributed by atoms with van der Waals surface area (Å²) >= 11 is 8.77. The molecule has 1 aliphatic rings. The fraction of sp³-hybridized carbons (Fsp3) is 0.296. The Morgan fingerprint density at radius 1 is 1.12 bits per heavy atom. The molecule has 1 N–H and O–H groups in total. The Kier molecular flexibility index (Phi) is 11.8. The summed E-state index contributed by atoms with van der Waals surface area (Å²) in [6.45, 7) is 3.14. The lowest BCUT2D eigenvalue weighted by Crippen LogP contribution is -2.36. The van der Waals surface area contributed by atoms with Gasteiger partial charge in [-0.25, -0.2) is 9.59 Å². The Balaban J connectivity index is 1.71. The van der Waals surface area contributed by atoms with Crippen molar-refractivity contribution in [1.82, 2.24) is 4.90 Å². The minimum Gasteiger partial charge on any atom is -0.493 e. The summed E-state index contributed by atoms with van der Waals surface area (Å²) in [5, 5.41) is 2.10. The predicted molar refractivity (Wildman–Crippen MR) is 161 cm³/mol. The molecule has 1 fully saturated rings. The van der Waals surface area contributed by atoms with Gasteiger partial charge >= 0.3 is 11.9 Å². The van der Waals surface area contributed by atoms with Gasteiger partial charge in [0.2, 0.25) is 5.91 Å². The molecule has 11 nitrogen and oxygen atoms in total. The first-order chi connectivity index (χ1) is 19.6. The van der Waals surface area contributed by atoms with Gasteiger partial charge in [0.25, 0.3) is 11.1 Å². The second-order valence-electron chi connectivity index (χ2n) is 8.27. The van der Waals surface area contributed by atoms with Crippen molar-refractivity contribution in [2.24, 2.45) is 0 Å². The molecule has 0 unspecified atom stereocenters. The monoisotopic (exact) mass is 716 g/mol. The van der Waals surface area contributed by atoms with Crippen molar-refractivity contribution in [3.63, 3.8) is 0 Å². The van der Waals surface area contributed by atoms with Crippen LogP contribution in [-0.2, 0) is 23.9 Å². The molecule has 1 saturated heterocycles. The summed E-state index contributed by atoms with van der Waals surface area (Å²) in [6, 6.07) is 7.56. The van der Waals surface area contributed by atoms with Gasteiger partial charge in [-0.05, 0) is 89.7 Å². The molecule has 41 heavy (non-hydrogen) atoms. The van der Waals surface area contributed by atoms with Crippen molar-refractivity contribution < 1.29 is 42.9 Å². The quantitative estimate of drug-likeness (QED) is 0.179. The van der Waals surface area contributed by atoms with Crippen LogP contribution in [0.2, 0.25) is 5.02 Å². The molecule has 0 saturated carbocycles. The molecule has 1 aliphatic heterocycles. The fourth-order valence-electron chi connectivity index (χ4n) is 3.46. The van der Waals surface area contributed by atoms with E-state index in [9.17, 15) is 24.0 Å². The van der Waals surface area contributed by atoms with Gasteiger partial charge in [0.15, 0.2) is 18.1 Å². The van der Waals surface area contributed by atoms with Crippen molar-refractivity contribution in [3.8, 4) is 11.5 Å². The second-order valence-corrected chi connectivity index (χ2v) is 10.8. The minimum absolute atomic E-state index is 0.0781. The Morgan fingerprint density at radius 3 is 2.56 bits per heavy atom. The van der Waals surface area contributed by atoms with Crippen LogP contribution in [0.25, 0.3) is 6.08 Å². The highest BCUT2D eigenvalue weighted by molar-refractivity contribution is 14.1. The second kappa shape index (κ2) is 15.1. The third-order valence-electron chi connectivity index (χ3n) is 5.27. The van der Waals surface area contributed by atoms with Crippen molar-refractivity contribution in [3.05, 3.63) is 55.0 Å². The van der Waals surface area contributed by atoms with Crippen LogP contribution in [0.1, 0.15) is 36.2 Å². The molecule has 1 heterocycles. The number of amides is 3. The molecule has 218 valence electrons. The highest BCUT2D eigenvalue weighted by Crippen LogP contribution is 2.37. The Bertz CT molecular complexity index is 1400. The molecule has 2 aromatic rings. The zero-order valence-electron chi connectivity index (χ0n) is 22.3. The number of benzene rings is 2. The number of nitrogens with zero attached hydrogens (tertiary/aromatic N) is 1. The van der Waals surface area contributed by atoms with Crippen molar-refractivity contribution in [2.45, 2.75) is 20.3 Å². The third-order valence-corrected chi connectivity index (χ3v) is 7.31. The molecular formula is C27H26ClIN2O9S. The van der Waals surface area contributed by atoms with E-state index in [2.05, 4.69) is 5.32 Å². The maximum atomic E-state index is 13.0. The highest BCUT2D eigenvalue weighted by atomic mass is 127. The number of imide groups is 1. The maximum Gasteiger partial charge on any atom is 0.344 e. The van der Waals surface area contributed by atoms with Crippen LogP contribution >= 0.6 is 46.0 Å². The predicted octanol–water partition coefficient (Wildman–Crippen LogP) is 5.14. The average molecular weight is 717 g/mol. The number of carbonyl (C=O) groups excluding carboxylic acids is 5. The van der Waals surface area contributed by atoms with Crippen LogP contribution in [-0.4, -0.2) is 67.4 Å². The highest BCUT2D eigenvalue weighted by Gasteiger charge is 2.36.